The Morgan fingerprint density at radius 3 is 2.39 bits per heavy atom. The zero-order chi connectivity index (χ0) is 12.8. The number of nitrogens with one attached hydrogen (secondary N) is 1. The van der Waals surface area contributed by atoms with E-state index in [1.807, 2.05) is 49.4 Å². The molecule has 0 saturated heterocycles. The molecule has 0 unspecified atom stereocenters. The number of carbonyl (C=O) groups excluding carboxylic acids is 1. The number of carbonyl (C=O) groups is 1. The van der Waals surface area contributed by atoms with E-state index < -0.39 is 0 Å². The fraction of sp³-hybridized carbons (Fsp3) is 0.0625. The van der Waals surface area contributed by atoms with Crippen molar-refractivity contribution in [3.63, 3.8) is 0 Å². The average molecular weight is 237 g/mol. The highest BCUT2D eigenvalue weighted by Gasteiger charge is 1.99. The molecule has 0 amide bonds. The summed E-state index contributed by atoms with van der Waals surface area (Å²) >= 11 is 0. The summed E-state index contributed by atoms with van der Waals surface area (Å²) in [4.78, 5) is 11.8. The van der Waals surface area contributed by atoms with Gasteiger partial charge in [-0.2, -0.15) is 0 Å². The van der Waals surface area contributed by atoms with Crippen LogP contribution >= 0.6 is 0 Å². The van der Waals surface area contributed by atoms with Crippen molar-refractivity contribution in [2.24, 2.45) is 0 Å². The largest absolute Gasteiger partial charge is 0.361 e. The normalized spacial score (nSPS) is 10.5. The predicted octanol–water partition coefficient (Wildman–Crippen LogP) is 3.80. The maximum absolute atomic E-state index is 11.8. The number of anilines is 1. The zero-order valence-electron chi connectivity index (χ0n) is 10.3. The van der Waals surface area contributed by atoms with Crippen LogP contribution in [0.3, 0.4) is 0 Å². The number of hydrogen-bond donors (Lipinski definition) is 1. The van der Waals surface area contributed by atoms with Gasteiger partial charge in [0.2, 0.25) is 0 Å². The molecule has 2 nitrogen and oxygen atoms in total. The molecule has 18 heavy (non-hydrogen) atoms. The molecule has 0 aliphatic carbocycles. The van der Waals surface area contributed by atoms with Crippen molar-refractivity contribution in [3.8, 4) is 0 Å². The van der Waals surface area contributed by atoms with Crippen LogP contribution in [0.1, 0.15) is 15.9 Å². The Labute approximate surface area is 107 Å². The van der Waals surface area contributed by atoms with E-state index in [1.54, 1.807) is 24.4 Å². The van der Waals surface area contributed by atoms with Gasteiger partial charge in [0, 0.05) is 23.5 Å². The van der Waals surface area contributed by atoms with Gasteiger partial charge < -0.3 is 5.32 Å². The lowest BCUT2D eigenvalue weighted by Gasteiger charge is -2.03. The Morgan fingerprint density at radius 1 is 1.00 bits per heavy atom. The van der Waals surface area contributed by atoms with E-state index in [9.17, 15) is 4.79 Å². The van der Waals surface area contributed by atoms with Crippen LogP contribution in [0, 0.1) is 6.92 Å². The maximum Gasteiger partial charge on any atom is 0.187 e. The fourth-order valence-electron chi connectivity index (χ4n) is 1.64. The molecule has 0 aromatic heterocycles. The number of ketones is 1. The number of para-hydroxylation sites is 1. The summed E-state index contributed by atoms with van der Waals surface area (Å²) in [5, 5.41) is 3.11. The molecule has 2 heteroatoms. The predicted molar refractivity (Wildman–Crippen MR) is 74.7 cm³/mol. The first-order valence-electron chi connectivity index (χ1n) is 5.85. The summed E-state index contributed by atoms with van der Waals surface area (Å²) in [7, 11) is 0. The van der Waals surface area contributed by atoms with E-state index in [2.05, 4.69) is 5.32 Å². The summed E-state index contributed by atoms with van der Waals surface area (Å²) in [6.45, 7) is 2.02. The molecule has 90 valence electrons. The molecular formula is C16H15NO. The lowest BCUT2D eigenvalue weighted by molar-refractivity contribution is 0.104. The van der Waals surface area contributed by atoms with Gasteiger partial charge in [0.25, 0.3) is 0 Å². The van der Waals surface area contributed by atoms with Crippen molar-refractivity contribution in [3.05, 3.63) is 78.0 Å². The van der Waals surface area contributed by atoms with E-state index in [0.29, 0.717) is 5.56 Å². The molecule has 2 aromatic rings. The summed E-state index contributed by atoms with van der Waals surface area (Å²) in [5.74, 6) is -0.00307. The van der Waals surface area contributed by atoms with E-state index in [4.69, 9.17) is 0 Å². The van der Waals surface area contributed by atoms with E-state index >= 15 is 0 Å². The minimum absolute atomic E-state index is 0.00307. The van der Waals surface area contributed by atoms with Crippen molar-refractivity contribution in [1.82, 2.24) is 0 Å². The fourth-order valence-corrected chi connectivity index (χ4v) is 1.64. The van der Waals surface area contributed by atoms with Gasteiger partial charge >= 0.3 is 0 Å². The average Bonchev–Trinajstić information content (AvgIpc) is 2.42. The molecule has 1 N–H and O–H groups in total. The molecule has 0 fully saturated rings. The first kappa shape index (κ1) is 12.1. The van der Waals surface area contributed by atoms with Crippen molar-refractivity contribution in [1.29, 1.82) is 0 Å². The standard InChI is InChI=1S/C16H15NO/c1-13-7-5-6-10-15(13)17-12-11-16(18)14-8-3-2-4-9-14/h2-12,17H,1H3/b12-11-. The van der Waals surface area contributed by atoms with Crippen LogP contribution in [0.25, 0.3) is 0 Å². The summed E-state index contributed by atoms with van der Waals surface area (Å²) in [6, 6.07) is 17.2. The smallest absolute Gasteiger partial charge is 0.187 e. The van der Waals surface area contributed by atoms with Crippen molar-refractivity contribution >= 4 is 11.5 Å². The van der Waals surface area contributed by atoms with Gasteiger partial charge in [-0.25, -0.2) is 0 Å². The van der Waals surface area contributed by atoms with Gasteiger partial charge in [-0.1, -0.05) is 48.5 Å². The summed E-state index contributed by atoms with van der Waals surface area (Å²) < 4.78 is 0. The third kappa shape index (κ3) is 3.08. The number of rotatable bonds is 4. The molecule has 0 aliphatic rings. The number of hydrogen-bond acceptors (Lipinski definition) is 2. The Balaban J connectivity index is 2.01. The molecule has 2 aromatic carbocycles. The molecule has 0 bridgehead atoms. The van der Waals surface area contributed by atoms with Gasteiger partial charge in [0.1, 0.15) is 0 Å². The quantitative estimate of drug-likeness (QED) is 0.647. The molecule has 0 radical (unpaired) electrons. The minimum atomic E-state index is -0.00307. The Hall–Kier alpha value is -2.35. The maximum atomic E-state index is 11.8. The van der Waals surface area contributed by atoms with Crippen LogP contribution in [0.5, 0.6) is 0 Å². The second kappa shape index (κ2) is 5.82. The van der Waals surface area contributed by atoms with Crippen LogP contribution < -0.4 is 5.32 Å². The van der Waals surface area contributed by atoms with E-state index in [1.165, 1.54) is 0 Å². The monoisotopic (exact) mass is 237 g/mol. The first-order valence-corrected chi connectivity index (χ1v) is 5.85. The van der Waals surface area contributed by atoms with Gasteiger partial charge in [-0.3, -0.25) is 4.79 Å². The zero-order valence-corrected chi connectivity index (χ0v) is 10.3. The van der Waals surface area contributed by atoms with Gasteiger partial charge in [0.05, 0.1) is 0 Å². The van der Waals surface area contributed by atoms with Crippen molar-refractivity contribution < 1.29 is 4.79 Å². The van der Waals surface area contributed by atoms with E-state index in [0.717, 1.165) is 11.3 Å². The number of benzene rings is 2. The van der Waals surface area contributed by atoms with E-state index in [-0.39, 0.29) is 5.78 Å². The molecular weight excluding hydrogens is 222 g/mol. The van der Waals surface area contributed by atoms with Crippen molar-refractivity contribution in [2.45, 2.75) is 6.92 Å². The topological polar surface area (TPSA) is 29.1 Å². The highest BCUT2D eigenvalue weighted by atomic mass is 16.1. The third-order valence-electron chi connectivity index (χ3n) is 2.68. The highest BCUT2D eigenvalue weighted by Crippen LogP contribution is 2.12. The second-order valence-corrected chi connectivity index (χ2v) is 4.02. The molecule has 0 aliphatic heterocycles. The molecule has 0 heterocycles. The van der Waals surface area contributed by atoms with Crippen LogP contribution in [0.4, 0.5) is 5.69 Å². The first-order chi connectivity index (χ1) is 8.77. The molecule has 0 saturated carbocycles. The van der Waals surface area contributed by atoms with Gasteiger partial charge in [0.15, 0.2) is 5.78 Å². The van der Waals surface area contributed by atoms with Crippen LogP contribution in [0.2, 0.25) is 0 Å². The van der Waals surface area contributed by atoms with Gasteiger partial charge in [-0.15, -0.1) is 0 Å². The second-order valence-electron chi connectivity index (χ2n) is 4.02. The van der Waals surface area contributed by atoms with Crippen LogP contribution in [-0.2, 0) is 0 Å². The minimum Gasteiger partial charge on any atom is -0.361 e. The number of aryl methyl sites for hydroxylation is 1. The summed E-state index contributed by atoms with van der Waals surface area (Å²) in [6.07, 6.45) is 3.22. The van der Waals surface area contributed by atoms with Gasteiger partial charge in [-0.05, 0) is 18.6 Å². The summed E-state index contributed by atoms with van der Waals surface area (Å²) in [5.41, 5.74) is 2.85. The van der Waals surface area contributed by atoms with Crippen LogP contribution in [-0.4, -0.2) is 5.78 Å². The Kier molecular flexibility index (Phi) is 3.92. The lowest BCUT2D eigenvalue weighted by Crippen LogP contribution is -1.96. The number of allylic oxidation sites excluding steroid dienone is 1. The Bertz CT molecular complexity index is 558. The SMILES string of the molecule is Cc1ccccc1N/C=C\C(=O)c1ccccc1. The molecule has 2 rings (SSSR count). The Morgan fingerprint density at radius 2 is 1.67 bits per heavy atom. The third-order valence-corrected chi connectivity index (χ3v) is 2.68. The molecule has 0 atom stereocenters. The van der Waals surface area contributed by atoms with Crippen LogP contribution in [0.15, 0.2) is 66.9 Å². The highest BCUT2D eigenvalue weighted by molar-refractivity contribution is 6.04. The lowest BCUT2D eigenvalue weighted by atomic mass is 10.1. The van der Waals surface area contributed by atoms with Crippen molar-refractivity contribution in [2.75, 3.05) is 5.32 Å². The molecule has 0 spiro atoms.